The summed E-state index contributed by atoms with van der Waals surface area (Å²) < 4.78 is 0. The summed E-state index contributed by atoms with van der Waals surface area (Å²) in [5.41, 5.74) is 1.14. The number of piperidine rings is 1. The second-order valence-electron chi connectivity index (χ2n) is 8.16. The zero-order valence-corrected chi connectivity index (χ0v) is 17.3. The molecule has 0 atom stereocenters. The standard InChI is InChI=1S/C21H31N7/c1-16(2)19-14-20(25-17(3)24-19)27-8-4-18(5-9-27)26-10-12-28(13-11-26)21-15-22-6-7-23-21/h6-7,14-16,18H,4-5,8-13H2,1-3H3. The first kappa shape index (κ1) is 19.1. The van der Waals surface area contributed by atoms with Crippen molar-refractivity contribution in [1.82, 2.24) is 24.8 Å². The van der Waals surface area contributed by atoms with Crippen LogP contribution in [0.1, 0.15) is 44.1 Å². The van der Waals surface area contributed by atoms with E-state index in [1.54, 1.807) is 12.4 Å². The molecule has 2 saturated heterocycles. The van der Waals surface area contributed by atoms with Gasteiger partial charge < -0.3 is 9.80 Å². The quantitative estimate of drug-likeness (QED) is 0.806. The highest BCUT2D eigenvalue weighted by molar-refractivity contribution is 5.41. The molecule has 150 valence electrons. The Balaban J connectivity index is 1.31. The molecule has 0 amide bonds. The summed E-state index contributed by atoms with van der Waals surface area (Å²) in [5, 5.41) is 0. The maximum atomic E-state index is 4.70. The SMILES string of the molecule is Cc1nc(C(C)C)cc(N2CCC(N3CCN(c4cnccn4)CC3)CC2)n1. The van der Waals surface area contributed by atoms with Crippen molar-refractivity contribution in [3.05, 3.63) is 36.2 Å². The van der Waals surface area contributed by atoms with E-state index >= 15 is 0 Å². The molecule has 4 rings (SSSR count). The largest absolute Gasteiger partial charge is 0.356 e. The zero-order valence-electron chi connectivity index (χ0n) is 17.3. The van der Waals surface area contributed by atoms with Crippen molar-refractivity contribution in [2.75, 3.05) is 49.1 Å². The van der Waals surface area contributed by atoms with Gasteiger partial charge in [0.15, 0.2) is 0 Å². The number of anilines is 2. The van der Waals surface area contributed by atoms with Gasteiger partial charge in [0.2, 0.25) is 0 Å². The molecule has 0 spiro atoms. The normalized spacial score (nSPS) is 19.4. The van der Waals surface area contributed by atoms with Crippen LogP contribution >= 0.6 is 0 Å². The van der Waals surface area contributed by atoms with E-state index in [4.69, 9.17) is 4.98 Å². The lowest BCUT2D eigenvalue weighted by Gasteiger charge is -2.43. The molecule has 0 aromatic carbocycles. The van der Waals surface area contributed by atoms with Gasteiger partial charge in [-0.05, 0) is 25.7 Å². The molecule has 0 saturated carbocycles. The number of nitrogens with zero attached hydrogens (tertiary/aromatic N) is 7. The molecule has 2 aromatic heterocycles. The average Bonchev–Trinajstić information content (AvgIpc) is 2.74. The smallest absolute Gasteiger partial charge is 0.147 e. The molecule has 2 aromatic rings. The molecule has 0 bridgehead atoms. The van der Waals surface area contributed by atoms with E-state index in [-0.39, 0.29) is 0 Å². The van der Waals surface area contributed by atoms with Crippen LogP contribution in [-0.2, 0) is 0 Å². The van der Waals surface area contributed by atoms with Crippen LogP contribution in [0.4, 0.5) is 11.6 Å². The lowest BCUT2D eigenvalue weighted by Crippen LogP contribution is -2.53. The van der Waals surface area contributed by atoms with Gasteiger partial charge in [0.1, 0.15) is 17.5 Å². The van der Waals surface area contributed by atoms with Gasteiger partial charge in [0.25, 0.3) is 0 Å². The Morgan fingerprint density at radius 2 is 1.61 bits per heavy atom. The van der Waals surface area contributed by atoms with E-state index in [0.29, 0.717) is 12.0 Å². The third-order valence-electron chi connectivity index (χ3n) is 5.93. The summed E-state index contributed by atoms with van der Waals surface area (Å²) in [7, 11) is 0. The third-order valence-corrected chi connectivity index (χ3v) is 5.93. The van der Waals surface area contributed by atoms with Gasteiger partial charge in [-0.25, -0.2) is 15.0 Å². The van der Waals surface area contributed by atoms with Crippen LogP contribution in [0.2, 0.25) is 0 Å². The maximum Gasteiger partial charge on any atom is 0.147 e. The fourth-order valence-electron chi connectivity index (χ4n) is 4.26. The Hall–Kier alpha value is -2.28. The molecule has 0 aliphatic carbocycles. The zero-order chi connectivity index (χ0) is 19.5. The van der Waals surface area contributed by atoms with Crippen molar-refractivity contribution in [3.8, 4) is 0 Å². The lowest BCUT2D eigenvalue weighted by molar-refractivity contribution is 0.159. The molecule has 0 N–H and O–H groups in total. The molecule has 28 heavy (non-hydrogen) atoms. The Bertz CT molecular complexity index is 764. The lowest BCUT2D eigenvalue weighted by atomic mass is 10.0. The van der Waals surface area contributed by atoms with Gasteiger partial charge in [-0.1, -0.05) is 13.8 Å². The monoisotopic (exact) mass is 381 g/mol. The summed E-state index contributed by atoms with van der Waals surface area (Å²) in [4.78, 5) is 25.4. The van der Waals surface area contributed by atoms with Gasteiger partial charge in [-0.3, -0.25) is 9.88 Å². The highest BCUT2D eigenvalue weighted by atomic mass is 15.3. The van der Waals surface area contributed by atoms with Crippen molar-refractivity contribution < 1.29 is 0 Å². The molecule has 7 heteroatoms. The van der Waals surface area contributed by atoms with Crippen molar-refractivity contribution in [2.45, 2.75) is 45.6 Å². The summed E-state index contributed by atoms with van der Waals surface area (Å²) in [6.45, 7) is 12.8. The predicted molar refractivity (Wildman–Crippen MR) is 112 cm³/mol. The molecule has 2 aliphatic rings. The molecular formula is C21H31N7. The number of rotatable bonds is 4. The average molecular weight is 382 g/mol. The molecule has 2 fully saturated rings. The molecule has 4 heterocycles. The van der Waals surface area contributed by atoms with Crippen LogP contribution in [0.3, 0.4) is 0 Å². The fraction of sp³-hybridized carbons (Fsp3) is 0.619. The molecule has 0 unspecified atom stereocenters. The van der Waals surface area contributed by atoms with Crippen LogP contribution < -0.4 is 9.80 Å². The third kappa shape index (κ3) is 4.24. The van der Waals surface area contributed by atoms with E-state index in [1.165, 1.54) is 12.8 Å². The number of aromatic nitrogens is 4. The van der Waals surface area contributed by atoms with Crippen molar-refractivity contribution in [2.24, 2.45) is 0 Å². The van der Waals surface area contributed by atoms with E-state index in [2.05, 4.69) is 49.6 Å². The summed E-state index contributed by atoms with van der Waals surface area (Å²) in [5.74, 6) is 3.41. The van der Waals surface area contributed by atoms with E-state index in [0.717, 1.165) is 62.4 Å². The second kappa shape index (κ2) is 8.39. The van der Waals surface area contributed by atoms with Crippen LogP contribution in [0.15, 0.2) is 24.7 Å². The Morgan fingerprint density at radius 3 is 2.25 bits per heavy atom. The van der Waals surface area contributed by atoms with Gasteiger partial charge in [-0.2, -0.15) is 0 Å². The minimum atomic E-state index is 0.434. The number of hydrogen-bond donors (Lipinski definition) is 0. The van der Waals surface area contributed by atoms with Crippen molar-refractivity contribution >= 4 is 11.6 Å². The Labute approximate surface area is 167 Å². The molecule has 2 aliphatic heterocycles. The van der Waals surface area contributed by atoms with Crippen molar-refractivity contribution in [1.29, 1.82) is 0 Å². The highest BCUT2D eigenvalue weighted by Crippen LogP contribution is 2.25. The van der Waals surface area contributed by atoms with E-state index in [9.17, 15) is 0 Å². The number of piperazine rings is 1. The number of aryl methyl sites for hydroxylation is 1. The van der Waals surface area contributed by atoms with E-state index in [1.807, 2.05) is 13.1 Å². The summed E-state index contributed by atoms with van der Waals surface area (Å²) >= 11 is 0. The first-order valence-electron chi connectivity index (χ1n) is 10.5. The molecular weight excluding hydrogens is 350 g/mol. The van der Waals surface area contributed by atoms with E-state index < -0.39 is 0 Å². The first-order valence-corrected chi connectivity index (χ1v) is 10.5. The van der Waals surface area contributed by atoms with Crippen LogP contribution in [0.25, 0.3) is 0 Å². The summed E-state index contributed by atoms with van der Waals surface area (Å²) in [6.07, 6.45) is 7.77. The number of hydrogen-bond acceptors (Lipinski definition) is 7. The van der Waals surface area contributed by atoms with Crippen LogP contribution in [0.5, 0.6) is 0 Å². The highest BCUT2D eigenvalue weighted by Gasteiger charge is 2.28. The molecule has 7 nitrogen and oxygen atoms in total. The fourth-order valence-corrected chi connectivity index (χ4v) is 4.26. The summed E-state index contributed by atoms with van der Waals surface area (Å²) in [6, 6.07) is 2.85. The van der Waals surface area contributed by atoms with Gasteiger partial charge >= 0.3 is 0 Å². The van der Waals surface area contributed by atoms with Gasteiger partial charge in [-0.15, -0.1) is 0 Å². The van der Waals surface area contributed by atoms with Gasteiger partial charge in [0, 0.05) is 69.5 Å². The Kier molecular flexibility index (Phi) is 5.71. The van der Waals surface area contributed by atoms with Crippen LogP contribution in [-0.4, -0.2) is 70.1 Å². The first-order chi connectivity index (χ1) is 13.6. The minimum Gasteiger partial charge on any atom is -0.356 e. The topological polar surface area (TPSA) is 61.3 Å². The van der Waals surface area contributed by atoms with Crippen molar-refractivity contribution in [3.63, 3.8) is 0 Å². The minimum absolute atomic E-state index is 0.434. The maximum absolute atomic E-state index is 4.70. The second-order valence-corrected chi connectivity index (χ2v) is 8.16. The van der Waals surface area contributed by atoms with Gasteiger partial charge in [0.05, 0.1) is 6.20 Å². The predicted octanol–water partition coefficient (Wildman–Crippen LogP) is 2.49. The Morgan fingerprint density at radius 1 is 0.893 bits per heavy atom. The molecule has 0 radical (unpaired) electrons. The van der Waals surface area contributed by atoms with Crippen LogP contribution in [0, 0.1) is 6.92 Å².